The summed E-state index contributed by atoms with van der Waals surface area (Å²) in [4.78, 5) is 0. The molecule has 1 unspecified atom stereocenters. The van der Waals surface area contributed by atoms with Crippen molar-refractivity contribution in [1.29, 1.82) is 0 Å². The first-order chi connectivity index (χ1) is 10.3. The van der Waals surface area contributed by atoms with Gasteiger partial charge in [0, 0.05) is 19.3 Å². The van der Waals surface area contributed by atoms with Gasteiger partial charge in [-0.25, -0.2) is 0 Å². The fourth-order valence-corrected chi connectivity index (χ4v) is 6.60. The fourth-order valence-electron chi connectivity index (χ4n) is 6.60. The van der Waals surface area contributed by atoms with E-state index in [2.05, 4.69) is 12.2 Å². The lowest BCUT2D eigenvalue weighted by molar-refractivity contribution is -0.0571. The molecule has 4 aliphatic carbocycles. The first-order valence-electron chi connectivity index (χ1n) is 9.64. The molecule has 2 heteroatoms. The molecule has 0 aromatic carbocycles. The van der Waals surface area contributed by atoms with Crippen molar-refractivity contribution >= 4 is 0 Å². The van der Waals surface area contributed by atoms with Crippen LogP contribution in [0, 0.1) is 35.5 Å². The zero-order chi connectivity index (χ0) is 14.2. The smallest absolute Gasteiger partial charge is 0.0468 e. The van der Waals surface area contributed by atoms with Gasteiger partial charge in [0.15, 0.2) is 0 Å². The van der Waals surface area contributed by atoms with Crippen molar-refractivity contribution in [3.63, 3.8) is 0 Å². The molecule has 4 saturated carbocycles. The van der Waals surface area contributed by atoms with E-state index < -0.39 is 0 Å². The Balaban J connectivity index is 1.45. The van der Waals surface area contributed by atoms with Crippen LogP contribution in [0.25, 0.3) is 0 Å². The molecule has 0 aromatic heterocycles. The first kappa shape index (κ1) is 14.5. The average Bonchev–Trinajstić information content (AvgIpc) is 2.47. The van der Waals surface area contributed by atoms with Gasteiger partial charge in [0.1, 0.15) is 0 Å². The highest BCUT2D eigenvalue weighted by Crippen LogP contribution is 2.57. The molecule has 1 heterocycles. The van der Waals surface area contributed by atoms with Crippen LogP contribution in [0.5, 0.6) is 0 Å². The summed E-state index contributed by atoms with van der Waals surface area (Å²) in [7, 11) is 0. The third-order valence-corrected chi connectivity index (χ3v) is 7.16. The second-order valence-electron chi connectivity index (χ2n) is 8.46. The standard InChI is InChI=1S/C19H33NO/c1-2-20-18(12-13-3-5-21-6-4-13)19-16-8-14-7-15(10-16)11-17(19)9-14/h13-20H,2-12H2,1H3. The van der Waals surface area contributed by atoms with Gasteiger partial charge in [0.05, 0.1) is 0 Å². The summed E-state index contributed by atoms with van der Waals surface area (Å²) in [6.45, 7) is 5.46. The molecule has 120 valence electrons. The highest BCUT2D eigenvalue weighted by atomic mass is 16.5. The van der Waals surface area contributed by atoms with Crippen LogP contribution in [0.3, 0.4) is 0 Å². The lowest BCUT2D eigenvalue weighted by Crippen LogP contribution is -2.53. The topological polar surface area (TPSA) is 21.3 Å². The van der Waals surface area contributed by atoms with Crippen molar-refractivity contribution in [2.24, 2.45) is 35.5 Å². The molecule has 1 N–H and O–H groups in total. The van der Waals surface area contributed by atoms with Crippen molar-refractivity contribution in [2.75, 3.05) is 19.8 Å². The van der Waals surface area contributed by atoms with Gasteiger partial charge >= 0.3 is 0 Å². The summed E-state index contributed by atoms with van der Waals surface area (Å²) >= 11 is 0. The SMILES string of the molecule is CCNC(CC1CCOCC1)C1C2CC3CC(C2)CC1C3. The van der Waals surface area contributed by atoms with Crippen molar-refractivity contribution < 1.29 is 4.74 Å². The summed E-state index contributed by atoms with van der Waals surface area (Å²) in [5.41, 5.74) is 0. The van der Waals surface area contributed by atoms with Gasteiger partial charge in [-0.1, -0.05) is 6.92 Å². The minimum Gasteiger partial charge on any atom is -0.381 e. The Morgan fingerprint density at radius 3 is 2.14 bits per heavy atom. The monoisotopic (exact) mass is 291 g/mol. The van der Waals surface area contributed by atoms with Gasteiger partial charge in [-0.15, -0.1) is 0 Å². The maximum absolute atomic E-state index is 5.56. The fraction of sp³-hybridized carbons (Fsp3) is 1.00. The Morgan fingerprint density at radius 2 is 1.57 bits per heavy atom. The van der Waals surface area contributed by atoms with Crippen LogP contribution < -0.4 is 5.32 Å². The highest BCUT2D eigenvalue weighted by Gasteiger charge is 2.50. The maximum atomic E-state index is 5.56. The number of rotatable bonds is 5. The predicted octanol–water partition coefficient (Wildman–Crippen LogP) is 3.85. The minimum absolute atomic E-state index is 0.799. The summed E-state index contributed by atoms with van der Waals surface area (Å²) in [6.07, 6.45) is 11.8. The molecule has 0 aromatic rings. The van der Waals surface area contributed by atoms with Gasteiger partial charge in [-0.3, -0.25) is 0 Å². The van der Waals surface area contributed by atoms with Gasteiger partial charge in [-0.05, 0) is 93.4 Å². The number of ether oxygens (including phenoxy) is 1. The van der Waals surface area contributed by atoms with Crippen LogP contribution in [-0.2, 0) is 4.74 Å². The zero-order valence-electron chi connectivity index (χ0n) is 13.7. The average molecular weight is 291 g/mol. The number of hydrogen-bond acceptors (Lipinski definition) is 2. The quantitative estimate of drug-likeness (QED) is 0.830. The molecule has 21 heavy (non-hydrogen) atoms. The number of nitrogens with one attached hydrogen (secondary N) is 1. The Morgan fingerprint density at radius 1 is 0.952 bits per heavy atom. The van der Waals surface area contributed by atoms with Crippen molar-refractivity contribution in [3.05, 3.63) is 0 Å². The van der Waals surface area contributed by atoms with E-state index in [-0.39, 0.29) is 0 Å². The Labute approximate surface area is 130 Å². The summed E-state index contributed by atoms with van der Waals surface area (Å²) in [5.74, 6) is 6.25. The molecule has 1 aliphatic heterocycles. The second kappa shape index (κ2) is 6.20. The molecule has 5 fully saturated rings. The molecule has 5 rings (SSSR count). The Kier molecular flexibility index (Phi) is 4.28. The molecule has 2 nitrogen and oxygen atoms in total. The molecule has 5 aliphatic rings. The lowest BCUT2D eigenvalue weighted by Gasteiger charge is -2.57. The maximum Gasteiger partial charge on any atom is 0.0468 e. The molecule has 1 atom stereocenters. The Hall–Kier alpha value is -0.0800. The summed E-state index contributed by atoms with van der Waals surface area (Å²) in [5, 5.41) is 3.92. The van der Waals surface area contributed by atoms with Crippen LogP contribution in [0.15, 0.2) is 0 Å². The van der Waals surface area contributed by atoms with Crippen LogP contribution >= 0.6 is 0 Å². The van der Waals surface area contributed by atoms with E-state index in [4.69, 9.17) is 4.74 Å². The normalized spacial score (nSPS) is 44.1. The van der Waals surface area contributed by atoms with Gasteiger partial charge in [-0.2, -0.15) is 0 Å². The second-order valence-corrected chi connectivity index (χ2v) is 8.46. The third-order valence-electron chi connectivity index (χ3n) is 7.16. The molecular weight excluding hydrogens is 258 g/mol. The van der Waals surface area contributed by atoms with Gasteiger partial charge in [0.2, 0.25) is 0 Å². The van der Waals surface area contributed by atoms with E-state index >= 15 is 0 Å². The van der Waals surface area contributed by atoms with Crippen molar-refractivity contribution in [2.45, 2.75) is 64.3 Å². The van der Waals surface area contributed by atoms with E-state index in [1.807, 2.05) is 0 Å². The van der Waals surface area contributed by atoms with Gasteiger partial charge in [0.25, 0.3) is 0 Å². The van der Waals surface area contributed by atoms with Crippen molar-refractivity contribution in [1.82, 2.24) is 5.32 Å². The number of hydrogen-bond donors (Lipinski definition) is 1. The van der Waals surface area contributed by atoms with Crippen LogP contribution in [-0.4, -0.2) is 25.8 Å². The molecule has 4 bridgehead atoms. The zero-order valence-corrected chi connectivity index (χ0v) is 13.7. The van der Waals surface area contributed by atoms with Crippen molar-refractivity contribution in [3.8, 4) is 0 Å². The Bertz CT molecular complexity index is 321. The molecular formula is C19H33NO. The van der Waals surface area contributed by atoms with Crippen LogP contribution in [0.1, 0.15) is 58.3 Å². The van der Waals surface area contributed by atoms with E-state index in [1.165, 1.54) is 19.3 Å². The molecule has 1 saturated heterocycles. The van der Waals surface area contributed by atoms with E-state index in [9.17, 15) is 0 Å². The van der Waals surface area contributed by atoms with E-state index in [1.54, 1.807) is 32.1 Å². The predicted molar refractivity (Wildman–Crippen MR) is 86.2 cm³/mol. The summed E-state index contributed by atoms with van der Waals surface area (Å²) < 4.78 is 5.56. The van der Waals surface area contributed by atoms with E-state index in [0.29, 0.717) is 0 Å². The highest BCUT2D eigenvalue weighted by molar-refractivity contribution is 5.02. The first-order valence-corrected chi connectivity index (χ1v) is 9.64. The van der Waals surface area contributed by atoms with Crippen LogP contribution in [0.4, 0.5) is 0 Å². The minimum atomic E-state index is 0.799. The molecule has 0 amide bonds. The third kappa shape index (κ3) is 2.91. The molecule has 0 radical (unpaired) electrons. The largest absolute Gasteiger partial charge is 0.381 e. The summed E-state index contributed by atoms with van der Waals surface area (Å²) in [6, 6.07) is 0.799. The van der Waals surface area contributed by atoms with Gasteiger partial charge < -0.3 is 10.1 Å². The van der Waals surface area contributed by atoms with Crippen LogP contribution in [0.2, 0.25) is 0 Å². The van der Waals surface area contributed by atoms with E-state index in [0.717, 1.165) is 61.3 Å². The molecule has 0 spiro atoms. The lowest BCUT2D eigenvalue weighted by atomic mass is 9.50.